The van der Waals surface area contributed by atoms with Crippen molar-refractivity contribution in [1.82, 2.24) is 10.2 Å². The second-order valence-corrected chi connectivity index (χ2v) is 8.77. The molecule has 0 aromatic heterocycles. The van der Waals surface area contributed by atoms with Crippen molar-refractivity contribution in [2.45, 2.75) is 18.4 Å². The Balaban J connectivity index is 1.71. The Kier molecular flexibility index (Phi) is 7.78. The van der Waals surface area contributed by atoms with E-state index in [-0.39, 0.29) is 37.5 Å². The molecule has 31 heavy (non-hydrogen) atoms. The molecule has 1 saturated heterocycles. The summed E-state index contributed by atoms with van der Waals surface area (Å²) in [5.41, 5.74) is -1.83. The fourth-order valence-corrected chi connectivity index (χ4v) is 3.80. The number of unbranched alkanes of at least 4 members (excludes halogenated alkanes) is 1. The van der Waals surface area contributed by atoms with E-state index in [2.05, 4.69) is 10.6 Å². The van der Waals surface area contributed by atoms with Crippen molar-refractivity contribution >= 4 is 39.9 Å². The summed E-state index contributed by atoms with van der Waals surface area (Å²) in [7, 11) is 0. The van der Waals surface area contributed by atoms with E-state index in [1.165, 1.54) is 17.0 Å². The number of carbonyl (C=O) groups is 1. The number of β-amino-alcohol motifs (C(OH)–C–C–N with tert-alkyl or cyclic N) is 1. The fourth-order valence-electron chi connectivity index (χ4n) is 3.35. The maximum atomic E-state index is 14.5. The van der Waals surface area contributed by atoms with Gasteiger partial charge in [-0.1, -0.05) is 0 Å². The lowest BCUT2D eigenvalue weighted by atomic mass is 9.92. The summed E-state index contributed by atoms with van der Waals surface area (Å²) >= 11 is 1.92. The molecule has 0 atom stereocenters. The van der Waals surface area contributed by atoms with Gasteiger partial charge in [-0.15, -0.1) is 0 Å². The minimum absolute atomic E-state index is 0.0230. The van der Waals surface area contributed by atoms with E-state index in [0.717, 1.165) is 18.6 Å². The molecule has 4 N–H and O–H groups in total. The van der Waals surface area contributed by atoms with Gasteiger partial charge in [0.15, 0.2) is 11.6 Å². The van der Waals surface area contributed by atoms with Gasteiger partial charge in [-0.3, -0.25) is 4.79 Å². The Morgan fingerprint density at radius 2 is 1.87 bits per heavy atom. The van der Waals surface area contributed by atoms with Crippen molar-refractivity contribution in [3.8, 4) is 0 Å². The second kappa shape index (κ2) is 10.2. The van der Waals surface area contributed by atoms with Crippen LogP contribution in [0.15, 0.2) is 30.3 Å². The number of hydrogen-bond donors (Lipinski definition) is 4. The van der Waals surface area contributed by atoms with Gasteiger partial charge in [-0.25, -0.2) is 13.2 Å². The quantitative estimate of drug-likeness (QED) is 0.286. The predicted molar refractivity (Wildman–Crippen MR) is 119 cm³/mol. The minimum atomic E-state index is -1.29. The average Bonchev–Trinajstić information content (AvgIpc) is 2.70. The second-order valence-electron chi connectivity index (χ2n) is 7.53. The van der Waals surface area contributed by atoms with Crippen LogP contribution in [0.25, 0.3) is 0 Å². The van der Waals surface area contributed by atoms with Gasteiger partial charge in [0.2, 0.25) is 0 Å². The Morgan fingerprint density at radius 1 is 1.13 bits per heavy atom. The monoisotopic (exact) mass is 549 g/mol. The molecular formula is C21H23F3IN3O3. The van der Waals surface area contributed by atoms with Crippen molar-refractivity contribution in [1.29, 1.82) is 0 Å². The molecule has 2 aromatic rings. The van der Waals surface area contributed by atoms with Crippen molar-refractivity contribution in [2.75, 3.05) is 38.1 Å². The lowest BCUT2D eigenvalue weighted by Gasteiger charge is -2.46. The summed E-state index contributed by atoms with van der Waals surface area (Å²) in [6.45, 7) is 1.03. The number of nitrogens with zero attached hydrogens (tertiary/aromatic N) is 1. The van der Waals surface area contributed by atoms with E-state index in [1.807, 2.05) is 22.6 Å². The van der Waals surface area contributed by atoms with Crippen molar-refractivity contribution in [2.24, 2.45) is 0 Å². The predicted octanol–water partition coefficient (Wildman–Crippen LogP) is 3.00. The maximum absolute atomic E-state index is 14.5. The van der Waals surface area contributed by atoms with Crippen LogP contribution in [0.1, 0.15) is 23.2 Å². The summed E-state index contributed by atoms with van der Waals surface area (Å²) < 4.78 is 43.2. The molecule has 0 radical (unpaired) electrons. The minimum Gasteiger partial charge on any atom is -0.396 e. The number of benzene rings is 2. The molecule has 1 fully saturated rings. The Bertz CT molecular complexity index is 955. The maximum Gasteiger partial charge on any atom is 0.256 e. The number of rotatable bonds is 9. The van der Waals surface area contributed by atoms with Crippen LogP contribution in [0.3, 0.4) is 0 Å². The first-order chi connectivity index (χ1) is 14.7. The van der Waals surface area contributed by atoms with Crippen molar-refractivity contribution in [3.05, 3.63) is 56.9 Å². The zero-order valence-electron chi connectivity index (χ0n) is 16.6. The van der Waals surface area contributed by atoms with Crippen LogP contribution in [-0.2, 0) is 0 Å². The number of likely N-dealkylation sites (tertiary alicyclic amines) is 1. The molecule has 0 bridgehead atoms. The lowest BCUT2D eigenvalue weighted by Crippen LogP contribution is -2.67. The van der Waals surface area contributed by atoms with E-state index >= 15 is 0 Å². The number of hydrogen-bond acceptors (Lipinski definition) is 5. The topological polar surface area (TPSA) is 84.8 Å². The van der Waals surface area contributed by atoms with Gasteiger partial charge in [0.25, 0.3) is 5.91 Å². The van der Waals surface area contributed by atoms with E-state index in [0.29, 0.717) is 16.5 Å². The number of carbonyl (C=O) groups excluding carboxylic acids is 1. The summed E-state index contributed by atoms with van der Waals surface area (Å²) in [5.74, 6) is -3.72. The molecule has 0 saturated carbocycles. The Labute approximate surface area is 191 Å². The van der Waals surface area contributed by atoms with Gasteiger partial charge in [0.1, 0.15) is 11.4 Å². The third-order valence-electron chi connectivity index (χ3n) is 4.99. The molecule has 168 valence electrons. The van der Waals surface area contributed by atoms with Gasteiger partial charge in [-0.2, -0.15) is 0 Å². The summed E-state index contributed by atoms with van der Waals surface area (Å²) in [6.07, 6.45) is 1.41. The van der Waals surface area contributed by atoms with Crippen LogP contribution in [0.4, 0.5) is 24.5 Å². The highest BCUT2D eigenvalue weighted by molar-refractivity contribution is 14.1. The van der Waals surface area contributed by atoms with Crippen molar-refractivity contribution in [3.63, 3.8) is 0 Å². The lowest BCUT2D eigenvalue weighted by molar-refractivity contribution is -0.0784. The third kappa shape index (κ3) is 5.68. The first-order valence-electron chi connectivity index (χ1n) is 9.77. The number of nitrogens with one attached hydrogen (secondary N) is 2. The van der Waals surface area contributed by atoms with E-state index < -0.39 is 34.6 Å². The van der Waals surface area contributed by atoms with Crippen LogP contribution in [0.5, 0.6) is 0 Å². The van der Waals surface area contributed by atoms with Gasteiger partial charge < -0.3 is 25.7 Å². The standard InChI is InChI=1S/C21H23F3IN3O3/c22-15-5-4-14(19(18(15)24)27-17-6-3-13(25)9-16(17)23)20(30)28-11-21(31,12-28)10-26-7-1-2-8-29/h3-6,9,26-27,29,31H,1-2,7-8,10-12H2. The summed E-state index contributed by atoms with van der Waals surface area (Å²) in [6, 6.07) is 6.17. The third-order valence-corrected chi connectivity index (χ3v) is 5.66. The zero-order valence-corrected chi connectivity index (χ0v) is 18.8. The molecule has 1 amide bonds. The fraction of sp³-hybridized carbons (Fsp3) is 0.381. The number of anilines is 2. The van der Waals surface area contributed by atoms with Gasteiger partial charge >= 0.3 is 0 Å². The smallest absolute Gasteiger partial charge is 0.256 e. The van der Waals surface area contributed by atoms with E-state index in [1.54, 1.807) is 6.07 Å². The molecule has 3 rings (SSSR count). The van der Waals surface area contributed by atoms with Gasteiger partial charge in [-0.05, 0) is 72.3 Å². The molecule has 10 heteroatoms. The molecule has 2 aromatic carbocycles. The summed E-state index contributed by atoms with van der Waals surface area (Å²) in [4.78, 5) is 14.2. The highest BCUT2D eigenvalue weighted by atomic mass is 127. The van der Waals surface area contributed by atoms with Crippen LogP contribution >= 0.6 is 22.6 Å². The van der Waals surface area contributed by atoms with E-state index in [9.17, 15) is 23.1 Å². The highest BCUT2D eigenvalue weighted by Crippen LogP contribution is 2.31. The normalized spacial score (nSPS) is 15.0. The molecule has 1 aliphatic heterocycles. The number of aliphatic hydroxyl groups excluding tert-OH is 1. The number of amides is 1. The highest BCUT2D eigenvalue weighted by Gasteiger charge is 2.44. The van der Waals surface area contributed by atoms with Gasteiger partial charge in [0.05, 0.1) is 30.0 Å². The average molecular weight is 549 g/mol. The molecule has 6 nitrogen and oxygen atoms in total. The zero-order chi connectivity index (χ0) is 22.6. The van der Waals surface area contributed by atoms with E-state index in [4.69, 9.17) is 5.11 Å². The van der Waals surface area contributed by atoms with Crippen molar-refractivity contribution < 1.29 is 28.2 Å². The number of aliphatic hydroxyl groups is 2. The first kappa shape index (κ1) is 23.8. The van der Waals surface area contributed by atoms with Crippen LogP contribution < -0.4 is 10.6 Å². The summed E-state index contributed by atoms with van der Waals surface area (Å²) in [5, 5.41) is 24.8. The molecule has 1 heterocycles. The molecule has 0 unspecified atom stereocenters. The Morgan fingerprint density at radius 3 is 2.55 bits per heavy atom. The first-order valence-corrected chi connectivity index (χ1v) is 10.9. The molecule has 0 aliphatic carbocycles. The van der Waals surface area contributed by atoms with Crippen LogP contribution in [0, 0.1) is 21.0 Å². The Hall–Kier alpha value is -1.89. The number of halogens is 4. The largest absolute Gasteiger partial charge is 0.396 e. The molecular weight excluding hydrogens is 526 g/mol. The molecule has 0 spiro atoms. The van der Waals surface area contributed by atoms with Crippen LogP contribution in [0.2, 0.25) is 0 Å². The molecule has 1 aliphatic rings. The van der Waals surface area contributed by atoms with Gasteiger partial charge in [0, 0.05) is 16.7 Å². The SMILES string of the molecule is O=C(c1ccc(F)c(F)c1Nc1ccc(I)cc1F)N1CC(O)(CNCCCCO)C1. The van der Waals surface area contributed by atoms with Crippen LogP contribution in [-0.4, -0.2) is 59.4 Å².